The predicted octanol–water partition coefficient (Wildman–Crippen LogP) is 1.40. The molecule has 0 aliphatic heterocycles. The van der Waals surface area contributed by atoms with Gasteiger partial charge < -0.3 is 15.5 Å². The predicted molar refractivity (Wildman–Crippen MR) is 56.9 cm³/mol. The fourth-order valence-electron chi connectivity index (χ4n) is 1.06. The second-order valence-corrected chi connectivity index (χ2v) is 3.17. The van der Waals surface area contributed by atoms with Crippen molar-refractivity contribution in [1.29, 1.82) is 0 Å². The summed E-state index contributed by atoms with van der Waals surface area (Å²) in [5.74, 6) is -1.17. The quantitative estimate of drug-likeness (QED) is 0.518. The molecule has 0 aliphatic rings. The minimum atomic E-state index is -0.448. The molecule has 1 rings (SSSR count). The molecule has 0 saturated heterocycles. The zero-order chi connectivity index (χ0) is 11.4. The van der Waals surface area contributed by atoms with E-state index in [1.165, 1.54) is 18.2 Å². The lowest BCUT2D eigenvalue weighted by Gasteiger charge is -2.10. The summed E-state index contributed by atoms with van der Waals surface area (Å²) >= 11 is 0. The highest BCUT2D eigenvalue weighted by atomic mass is 16.3. The molecule has 4 heteroatoms. The van der Waals surface area contributed by atoms with Crippen LogP contribution in [0.15, 0.2) is 30.9 Å². The highest BCUT2D eigenvalue weighted by Crippen LogP contribution is 2.27. The summed E-state index contributed by atoms with van der Waals surface area (Å²) in [7, 11) is 0. The van der Waals surface area contributed by atoms with Crippen molar-refractivity contribution in [2.45, 2.75) is 13.0 Å². The molecule has 1 aromatic carbocycles. The van der Waals surface area contributed by atoms with E-state index < -0.39 is 11.7 Å². The molecule has 1 atom stereocenters. The summed E-state index contributed by atoms with van der Waals surface area (Å²) in [6.07, 6.45) is 1.57. The van der Waals surface area contributed by atoms with Crippen LogP contribution in [-0.2, 0) is 0 Å². The molecule has 0 heterocycles. The molecule has 1 unspecified atom stereocenters. The number of phenolic OH excluding ortho intramolecular Hbond substituents is 2. The summed E-state index contributed by atoms with van der Waals surface area (Å²) in [6.45, 7) is 5.28. The summed E-state index contributed by atoms with van der Waals surface area (Å²) in [6, 6.07) is 4.03. The number of benzene rings is 1. The minimum Gasteiger partial charge on any atom is -0.504 e. The number of rotatable bonds is 3. The number of para-hydroxylation sites is 1. The zero-order valence-electron chi connectivity index (χ0n) is 8.40. The van der Waals surface area contributed by atoms with Gasteiger partial charge in [0.25, 0.3) is 5.91 Å². The van der Waals surface area contributed by atoms with Gasteiger partial charge in [-0.15, -0.1) is 6.58 Å². The van der Waals surface area contributed by atoms with Gasteiger partial charge in [-0.25, -0.2) is 0 Å². The Labute approximate surface area is 87.9 Å². The summed E-state index contributed by atoms with van der Waals surface area (Å²) in [4.78, 5) is 11.6. The Bertz CT molecular complexity index is 387. The first kappa shape index (κ1) is 11.1. The van der Waals surface area contributed by atoms with Crippen LogP contribution in [0.25, 0.3) is 0 Å². The third-order valence-electron chi connectivity index (χ3n) is 1.97. The normalized spacial score (nSPS) is 11.8. The van der Waals surface area contributed by atoms with Gasteiger partial charge >= 0.3 is 0 Å². The molecule has 0 fully saturated rings. The van der Waals surface area contributed by atoms with Crippen LogP contribution in [-0.4, -0.2) is 22.2 Å². The standard InChI is InChI=1S/C11H13NO3/c1-3-7(2)12-11(15)8-5-4-6-9(13)10(8)14/h3-7,13-14H,1H2,2H3,(H,12,15). The van der Waals surface area contributed by atoms with E-state index in [9.17, 15) is 15.0 Å². The van der Waals surface area contributed by atoms with Gasteiger partial charge in [-0.1, -0.05) is 12.1 Å². The molecular weight excluding hydrogens is 194 g/mol. The number of nitrogens with one attached hydrogen (secondary N) is 1. The fraction of sp³-hybridized carbons (Fsp3) is 0.182. The Morgan fingerprint density at radius 3 is 2.80 bits per heavy atom. The maximum Gasteiger partial charge on any atom is 0.255 e. The van der Waals surface area contributed by atoms with Crippen LogP contribution in [0.4, 0.5) is 0 Å². The number of aromatic hydroxyl groups is 2. The van der Waals surface area contributed by atoms with Crippen LogP contribution in [0, 0.1) is 0 Å². The smallest absolute Gasteiger partial charge is 0.255 e. The maximum absolute atomic E-state index is 11.6. The van der Waals surface area contributed by atoms with Gasteiger partial charge in [-0.2, -0.15) is 0 Å². The van der Waals surface area contributed by atoms with Gasteiger partial charge in [-0.05, 0) is 19.1 Å². The summed E-state index contributed by atoms with van der Waals surface area (Å²) in [5, 5.41) is 21.2. The number of hydrogen-bond acceptors (Lipinski definition) is 3. The van der Waals surface area contributed by atoms with E-state index in [2.05, 4.69) is 11.9 Å². The Morgan fingerprint density at radius 2 is 2.20 bits per heavy atom. The second-order valence-electron chi connectivity index (χ2n) is 3.17. The van der Waals surface area contributed by atoms with Crippen LogP contribution in [0.1, 0.15) is 17.3 Å². The van der Waals surface area contributed by atoms with E-state index in [1.807, 2.05) is 0 Å². The zero-order valence-corrected chi connectivity index (χ0v) is 8.40. The largest absolute Gasteiger partial charge is 0.504 e. The van der Waals surface area contributed by atoms with Crippen molar-refractivity contribution >= 4 is 5.91 Å². The first-order valence-electron chi connectivity index (χ1n) is 4.50. The van der Waals surface area contributed by atoms with Gasteiger partial charge in [0.2, 0.25) is 0 Å². The van der Waals surface area contributed by atoms with E-state index in [0.717, 1.165) is 0 Å². The number of carbonyl (C=O) groups is 1. The van der Waals surface area contributed by atoms with Crippen molar-refractivity contribution in [3.63, 3.8) is 0 Å². The van der Waals surface area contributed by atoms with Crippen molar-refractivity contribution in [3.8, 4) is 11.5 Å². The van der Waals surface area contributed by atoms with E-state index in [1.54, 1.807) is 13.0 Å². The Morgan fingerprint density at radius 1 is 1.53 bits per heavy atom. The lowest BCUT2D eigenvalue weighted by Crippen LogP contribution is -2.30. The molecule has 1 aromatic rings. The highest BCUT2D eigenvalue weighted by Gasteiger charge is 2.14. The fourth-order valence-corrected chi connectivity index (χ4v) is 1.06. The Balaban J connectivity index is 2.91. The molecule has 15 heavy (non-hydrogen) atoms. The van der Waals surface area contributed by atoms with Crippen molar-refractivity contribution < 1.29 is 15.0 Å². The van der Waals surface area contributed by atoms with Crippen molar-refractivity contribution in [2.24, 2.45) is 0 Å². The minimum absolute atomic E-state index is 0.0451. The Hall–Kier alpha value is -1.97. The lowest BCUT2D eigenvalue weighted by molar-refractivity contribution is 0.0943. The molecule has 0 spiro atoms. The van der Waals surface area contributed by atoms with Crippen LogP contribution < -0.4 is 5.32 Å². The van der Waals surface area contributed by atoms with Gasteiger partial charge in [0.15, 0.2) is 11.5 Å². The van der Waals surface area contributed by atoms with Crippen LogP contribution >= 0.6 is 0 Å². The average molecular weight is 207 g/mol. The van der Waals surface area contributed by atoms with Crippen molar-refractivity contribution in [3.05, 3.63) is 36.4 Å². The van der Waals surface area contributed by atoms with Gasteiger partial charge in [0.1, 0.15) is 0 Å². The maximum atomic E-state index is 11.6. The third kappa shape index (κ3) is 2.49. The van der Waals surface area contributed by atoms with E-state index in [-0.39, 0.29) is 17.4 Å². The van der Waals surface area contributed by atoms with Crippen molar-refractivity contribution in [2.75, 3.05) is 0 Å². The van der Waals surface area contributed by atoms with Crippen molar-refractivity contribution in [1.82, 2.24) is 5.32 Å². The van der Waals surface area contributed by atoms with E-state index >= 15 is 0 Å². The molecule has 0 radical (unpaired) electrons. The molecule has 0 saturated carbocycles. The lowest BCUT2D eigenvalue weighted by atomic mass is 10.1. The molecule has 4 nitrogen and oxygen atoms in total. The summed E-state index contributed by atoms with van der Waals surface area (Å²) < 4.78 is 0. The second kappa shape index (κ2) is 4.50. The molecule has 80 valence electrons. The molecule has 0 aromatic heterocycles. The third-order valence-corrected chi connectivity index (χ3v) is 1.97. The van der Waals surface area contributed by atoms with Crippen LogP contribution in [0.2, 0.25) is 0 Å². The molecule has 0 aliphatic carbocycles. The number of hydrogen-bond donors (Lipinski definition) is 3. The summed E-state index contributed by atoms with van der Waals surface area (Å²) in [5.41, 5.74) is 0.0451. The van der Waals surface area contributed by atoms with Gasteiger partial charge in [0.05, 0.1) is 5.56 Å². The number of phenols is 2. The highest BCUT2D eigenvalue weighted by molar-refractivity contribution is 5.97. The topological polar surface area (TPSA) is 69.6 Å². The first-order chi connectivity index (χ1) is 7.06. The first-order valence-corrected chi connectivity index (χ1v) is 4.50. The van der Waals surface area contributed by atoms with Crippen LogP contribution in [0.5, 0.6) is 11.5 Å². The SMILES string of the molecule is C=CC(C)NC(=O)c1cccc(O)c1O. The molecule has 1 amide bonds. The monoisotopic (exact) mass is 207 g/mol. The average Bonchev–Trinajstić information content (AvgIpc) is 2.21. The van der Waals surface area contributed by atoms with Gasteiger partial charge in [0, 0.05) is 6.04 Å². The molecule has 3 N–H and O–H groups in total. The Kier molecular flexibility index (Phi) is 3.33. The molecular formula is C11H13NO3. The van der Waals surface area contributed by atoms with E-state index in [0.29, 0.717) is 0 Å². The van der Waals surface area contributed by atoms with Crippen LogP contribution in [0.3, 0.4) is 0 Å². The number of carbonyl (C=O) groups excluding carboxylic acids is 1. The van der Waals surface area contributed by atoms with Gasteiger partial charge in [-0.3, -0.25) is 4.79 Å². The molecule has 0 bridgehead atoms. The number of amides is 1. The van der Waals surface area contributed by atoms with E-state index in [4.69, 9.17) is 0 Å².